The van der Waals surface area contributed by atoms with Crippen molar-refractivity contribution in [1.82, 2.24) is 5.32 Å². The molecule has 0 saturated heterocycles. The first-order chi connectivity index (χ1) is 6.78. The van der Waals surface area contributed by atoms with Crippen LogP contribution in [0.5, 0.6) is 0 Å². The van der Waals surface area contributed by atoms with E-state index in [0.717, 1.165) is 0 Å². The van der Waals surface area contributed by atoms with Crippen molar-refractivity contribution in [2.45, 2.75) is 32.5 Å². The van der Waals surface area contributed by atoms with Gasteiger partial charge in [0.15, 0.2) is 0 Å². The van der Waals surface area contributed by atoms with Crippen molar-refractivity contribution < 1.29 is 23.7 Å². The Kier molecular flexibility index (Phi) is 4.99. The molecule has 1 N–H and O–H groups in total. The zero-order valence-corrected chi connectivity index (χ0v) is 10.0. The minimum atomic E-state index is -1.61. The number of carbonyl (C=O) groups is 1. The maximum Gasteiger partial charge on any atom is 0.413 e. The first-order valence-corrected chi connectivity index (χ1v) is 4.45. The Bertz CT molecular complexity index is 199. The third-order valence-electron chi connectivity index (χ3n) is 1.46. The van der Waals surface area contributed by atoms with Gasteiger partial charge < -0.3 is 18.9 Å². The molecule has 0 saturated carbocycles. The van der Waals surface area contributed by atoms with E-state index in [4.69, 9.17) is 18.9 Å². The Morgan fingerprint density at radius 2 is 1.40 bits per heavy atom. The summed E-state index contributed by atoms with van der Waals surface area (Å²) in [5, 5.41) is 2.31. The third-order valence-corrected chi connectivity index (χ3v) is 1.46. The monoisotopic (exact) mass is 221 g/mol. The molecule has 1 amide bonds. The highest BCUT2D eigenvalue weighted by atomic mass is 16.9. The van der Waals surface area contributed by atoms with E-state index in [-0.39, 0.29) is 0 Å². The largest absolute Gasteiger partial charge is 0.444 e. The van der Waals surface area contributed by atoms with Crippen LogP contribution in [0.15, 0.2) is 0 Å². The average Bonchev–Trinajstić information content (AvgIpc) is 2.11. The van der Waals surface area contributed by atoms with Crippen LogP contribution in [0, 0.1) is 0 Å². The van der Waals surface area contributed by atoms with Crippen molar-refractivity contribution in [2.24, 2.45) is 0 Å². The number of rotatable bonds is 4. The number of nitrogens with one attached hydrogen (secondary N) is 1. The molecule has 0 aliphatic carbocycles. The molecule has 0 heterocycles. The van der Waals surface area contributed by atoms with Crippen molar-refractivity contribution in [3.63, 3.8) is 0 Å². The molecule has 0 fully saturated rings. The Balaban J connectivity index is 4.36. The van der Waals surface area contributed by atoms with Crippen LogP contribution in [0.3, 0.4) is 0 Å². The number of methoxy groups -OCH3 is 3. The lowest BCUT2D eigenvalue weighted by atomic mass is 10.2. The van der Waals surface area contributed by atoms with Crippen molar-refractivity contribution in [2.75, 3.05) is 21.3 Å². The summed E-state index contributed by atoms with van der Waals surface area (Å²) in [6, 6.07) is 0. The minimum absolute atomic E-state index is 0.592. The molecule has 0 aromatic heterocycles. The summed E-state index contributed by atoms with van der Waals surface area (Å²) in [4.78, 5) is 11.4. The Labute approximate surface area is 89.8 Å². The summed E-state index contributed by atoms with van der Waals surface area (Å²) in [6.45, 7) is 5.25. The fourth-order valence-corrected chi connectivity index (χ4v) is 0.832. The highest BCUT2D eigenvalue weighted by Gasteiger charge is 2.34. The van der Waals surface area contributed by atoms with E-state index >= 15 is 0 Å². The summed E-state index contributed by atoms with van der Waals surface area (Å²) >= 11 is 0. The van der Waals surface area contributed by atoms with Gasteiger partial charge in [-0.2, -0.15) is 0 Å². The molecule has 0 aliphatic heterocycles. The van der Waals surface area contributed by atoms with Crippen LogP contribution in [-0.2, 0) is 18.9 Å². The average molecular weight is 221 g/mol. The highest BCUT2D eigenvalue weighted by molar-refractivity contribution is 5.68. The van der Waals surface area contributed by atoms with Gasteiger partial charge in [-0.3, -0.25) is 0 Å². The molecule has 6 heteroatoms. The fraction of sp³-hybridized carbons (Fsp3) is 0.889. The number of hydrogen-bond donors (Lipinski definition) is 1. The molecule has 0 aromatic carbocycles. The molecular formula is C9H19NO5. The van der Waals surface area contributed by atoms with Gasteiger partial charge in [-0.25, -0.2) is 10.1 Å². The summed E-state index contributed by atoms with van der Waals surface area (Å²) in [5.74, 6) is 0. The van der Waals surface area contributed by atoms with Gasteiger partial charge in [0.2, 0.25) is 0 Å². The van der Waals surface area contributed by atoms with E-state index in [2.05, 4.69) is 5.32 Å². The number of hydrogen-bond acceptors (Lipinski definition) is 5. The van der Waals surface area contributed by atoms with Gasteiger partial charge in [0.1, 0.15) is 5.60 Å². The van der Waals surface area contributed by atoms with Crippen LogP contribution in [-0.4, -0.2) is 39.1 Å². The van der Waals surface area contributed by atoms with Crippen LogP contribution >= 0.6 is 0 Å². The van der Waals surface area contributed by atoms with Crippen molar-refractivity contribution >= 4 is 6.09 Å². The molecule has 0 rings (SSSR count). The van der Waals surface area contributed by atoms with Crippen LogP contribution in [0.25, 0.3) is 0 Å². The summed E-state index contributed by atoms with van der Waals surface area (Å²) < 4.78 is 19.6. The molecule has 0 bridgehead atoms. The summed E-state index contributed by atoms with van der Waals surface area (Å²) in [7, 11) is 4.01. The van der Waals surface area contributed by atoms with E-state index in [9.17, 15) is 4.79 Å². The lowest BCUT2D eigenvalue weighted by molar-refractivity contribution is -0.364. The molecule has 0 radical (unpaired) electrons. The van der Waals surface area contributed by atoms with E-state index in [1.54, 1.807) is 20.8 Å². The normalized spacial score (nSPS) is 12.4. The van der Waals surface area contributed by atoms with E-state index in [1.807, 2.05) is 0 Å². The first kappa shape index (κ1) is 14.2. The van der Waals surface area contributed by atoms with Gasteiger partial charge in [-0.15, -0.1) is 0 Å². The number of amides is 1. The maximum atomic E-state index is 11.4. The fourth-order valence-electron chi connectivity index (χ4n) is 0.832. The zero-order chi connectivity index (χ0) is 12.1. The first-order valence-electron chi connectivity index (χ1n) is 4.45. The Morgan fingerprint density at radius 3 is 1.67 bits per heavy atom. The Hall–Kier alpha value is -0.850. The van der Waals surface area contributed by atoms with E-state index in [1.165, 1.54) is 21.3 Å². The minimum Gasteiger partial charge on any atom is -0.444 e. The summed E-state index contributed by atoms with van der Waals surface area (Å²) in [6.07, 6.45) is -2.30. The van der Waals surface area contributed by atoms with Crippen molar-refractivity contribution in [3.05, 3.63) is 0 Å². The molecule has 90 valence electrons. The van der Waals surface area contributed by atoms with Gasteiger partial charge in [0, 0.05) is 21.3 Å². The standard InChI is InChI=1S/C9H19NO5/c1-8(2,3)15-7(11)10-9(12-4,13-5)14-6/h1-6H3,(H,10,11). The van der Waals surface area contributed by atoms with Crippen LogP contribution in [0.1, 0.15) is 20.8 Å². The number of alkyl carbamates (subject to hydrolysis) is 1. The molecule has 0 aromatic rings. The lowest BCUT2D eigenvalue weighted by Gasteiger charge is -2.30. The van der Waals surface area contributed by atoms with Gasteiger partial charge in [-0.05, 0) is 20.8 Å². The zero-order valence-electron chi connectivity index (χ0n) is 10.0. The molecular weight excluding hydrogens is 202 g/mol. The second-order valence-corrected chi connectivity index (χ2v) is 3.80. The highest BCUT2D eigenvalue weighted by Crippen LogP contribution is 2.11. The Morgan fingerprint density at radius 1 is 1.00 bits per heavy atom. The molecule has 0 spiro atoms. The molecule has 0 atom stereocenters. The molecule has 15 heavy (non-hydrogen) atoms. The van der Waals surface area contributed by atoms with Gasteiger partial charge in [-0.1, -0.05) is 0 Å². The molecule has 0 unspecified atom stereocenters. The van der Waals surface area contributed by atoms with E-state index in [0.29, 0.717) is 0 Å². The SMILES string of the molecule is COC(NC(=O)OC(C)(C)C)(OC)OC. The lowest BCUT2D eigenvalue weighted by Crippen LogP contribution is -2.54. The predicted octanol–water partition coefficient (Wildman–Crippen LogP) is 1.06. The second-order valence-electron chi connectivity index (χ2n) is 3.80. The van der Waals surface area contributed by atoms with Crippen LogP contribution in [0.4, 0.5) is 4.79 Å². The van der Waals surface area contributed by atoms with Gasteiger partial charge in [0.25, 0.3) is 0 Å². The topological polar surface area (TPSA) is 66.0 Å². The van der Waals surface area contributed by atoms with Gasteiger partial charge in [0.05, 0.1) is 0 Å². The molecule has 6 nitrogen and oxygen atoms in total. The van der Waals surface area contributed by atoms with E-state index < -0.39 is 17.8 Å². The smallest absolute Gasteiger partial charge is 0.413 e. The number of ether oxygens (including phenoxy) is 4. The predicted molar refractivity (Wildman–Crippen MR) is 53.1 cm³/mol. The maximum absolute atomic E-state index is 11.4. The number of carbonyl (C=O) groups excluding carboxylic acids is 1. The summed E-state index contributed by atoms with van der Waals surface area (Å²) in [5.41, 5.74) is -0.592. The van der Waals surface area contributed by atoms with Crippen LogP contribution in [0.2, 0.25) is 0 Å². The second kappa shape index (κ2) is 5.29. The van der Waals surface area contributed by atoms with Crippen molar-refractivity contribution in [3.8, 4) is 0 Å². The quantitative estimate of drug-likeness (QED) is 0.719. The molecule has 0 aliphatic rings. The van der Waals surface area contributed by atoms with Crippen LogP contribution < -0.4 is 5.32 Å². The third kappa shape index (κ3) is 4.96. The van der Waals surface area contributed by atoms with Gasteiger partial charge >= 0.3 is 12.2 Å². The van der Waals surface area contributed by atoms with Crippen molar-refractivity contribution in [1.29, 1.82) is 0 Å².